The Morgan fingerprint density at radius 3 is 2.19 bits per heavy atom. The number of rotatable bonds is 5. The molecule has 0 spiro atoms. The van der Waals surface area contributed by atoms with Crippen LogP contribution in [0, 0.1) is 0 Å². The molecule has 0 amide bonds. The lowest BCUT2D eigenvalue weighted by Crippen LogP contribution is -2.32. The molecule has 0 aliphatic carbocycles. The first-order chi connectivity index (χ1) is 13.2. The molecule has 0 saturated carbocycles. The molecule has 3 aromatic rings. The molecule has 0 radical (unpaired) electrons. The highest BCUT2D eigenvalue weighted by atomic mass is 16.5. The van der Waals surface area contributed by atoms with E-state index in [4.69, 9.17) is 14.2 Å². The van der Waals surface area contributed by atoms with Gasteiger partial charge in [0, 0.05) is 24.5 Å². The number of ether oxygens (including phenoxy) is 3. The lowest BCUT2D eigenvalue weighted by atomic mass is 9.95. The van der Waals surface area contributed by atoms with Crippen LogP contribution in [-0.4, -0.2) is 21.3 Å². The number of fused-ring (bicyclic) bond motifs is 1. The minimum Gasteiger partial charge on any atom is -0.497 e. The van der Waals surface area contributed by atoms with E-state index in [0.29, 0.717) is 0 Å². The van der Waals surface area contributed by atoms with Crippen LogP contribution in [-0.2, 0) is 13.0 Å². The fourth-order valence-electron chi connectivity index (χ4n) is 3.73. The van der Waals surface area contributed by atoms with Crippen molar-refractivity contribution in [3.63, 3.8) is 0 Å². The Kier molecular flexibility index (Phi) is 4.71. The van der Waals surface area contributed by atoms with Gasteiger partial charge in [0.25, 0.3) is 0 Å². The van der Waals surface area contributed by atoms with Crippen LogP contribution in [0.5, 0.6) is 17.2 Å². The van der Waals surface area contributed by atoms with Gasteiger partial charge in [0.2, 0.25) is 0 Å². The van der Waals surface area contributed by atoms with E-state index in [9.17, 15) is 0 Å². The van der Waals surface area contributed by atoms with Crippen LogP contribution in [0.4, 0.5) is 0 Å². The fraction of sp³-hybridized carbons (Fsp3) is 0.261. The summed E-state index contributed by atoms with van der Waals surface area (Å²) < 4.78 is 18.6. The highest BCUT2D eigenvalue weighted by Gasteiger charge is 2.23. The van der Waals surface area contributed by atoms with Crippen LogP contribution in [0.1, 0.15) is 12.1 Å². The largest absolute Gasteiger partial charge is 0.497 e. The quantitative estimate of drug-likeness (QED) is 0.635. The number of nitrogens with zero attached hydrogens (tertiary/aromatic N) is 1. The lowest BCUT2D eigenvalue weighted by molar-refractivity contribution is -0.690. The van der Waals surface area contributed by atoms with E-state index in [1.165, 1.54) is 28.8 Å². The van der Waals surface area contributed by atoms with Crippen molar-refractivity contribution in [2.75, 3.05) is 21.3 Å². The van der Waals surface area contributed by atoms with Crippen molar-refractivity contribution < 1.29 is 18.8 Å². The third-order valence-electron chi connectivity index (χ3n) is 5.18. The first-order valence-corrected chi connectivity index (χ1v) is 9.16. The summed E-state index contributed by atoms with van der Waals surface area (Å²) in [7, 11) is 5.02. The van der Waals surface area contributed by atoms with E-state index in [1.54, 1.807) is 21.3 Å². The van der Waals surface area contributed by atoms with Gasteiger partial charge in [-0.1, -0.05) is 18.2 Å². The molecule has 2 heterocycles. The predicted molar refractivity (Wildman–Crippen MR) is 105 cm³/mol. The third-order valence-corrected chi connectivity index (χ3v) is 5.18. The molecule has 0 N–H and O–H groups in total. The first kappa shape index (κ1) is 17.4. The van der Waals surface area contributed by atoms with Crippen LogP contribution in [0.15, 0.2) is 54.7 Å². The van der Waals surface area contributed by atoms with E-state index in [-0.39, 0.29) is 0 Å². The van der Waals surface area contributed by atoms with E-state index >= 15 is 0 Å². The molecular weight excluding hydrogens is 338 g/mol. The summed E-state index contributed by atoms with van der Waals surface area (Å²) in [5.41, 5.74) is 6.07. The maximum absolute atomic E-state index is 5.52. The molecule has 1 aromatic heterocycles. The summed E-state index contributed by atoms with van der Waals surface area (Å²) in [4.78, 5) is 0. The Morgan fingerprint density at radius 1 is 0.741 bits per heavy atom. The number of methoxy groups -OCH3 is 3. The zero-order valence-electron chi connectivity index (χ0n) is 16.0. The monoisotopic (exact) mass is 362 g/mol. The Bertz CT molecular complexity index is 964. The average Bonchev–Trinajstić information content (AvgIpc) is 3.20. The summed E-state index contributed by atoms with van der Waals surface area (Å²) in [6.45, 7) is 1.07. The fourth-order valence-corrected chi connectivity index (χ4v) is 3.73. The lowest BCUT2D eigenvalue weighted by Gasteiger charge is -2.13. The molecule has 4 rings (SSSR count). The van der Waals surface area contributed by atoms with Gasteiger partial charge in [0.15, 0.2) is 23.4 Å². The standard InChI is InChI=1S/C23H24NO3/c1-25-19-9-6-16(7-10-19)21-15-24-12-4-5-18(24)14-20(21)17-8-11-22(26-2)23(13-17)27-3/h6-11,13-15H,4-5,12H2,1-3H3/q+1. The third kappa shape index (κ3) is 3.23. The van der Waals surface area contributed by atoms with Gasteiger partial charge in [-0.05, 0) is 35.4 Å². The van der Waals surface area contributed by atoms with Crippen LogP contribution in [0.25, 0.3) is 22.3 Å². The number of aromatic nitrogens is 1. The molecule has 27 heavy (non-hydrogen) atoms. The number of aryl methyl sites for hydroxylation is 2. The SMILES string of the molecule is COc1ccc(-c2c[n+]3c(cc2-c2ccc(OC)c(OC)c2)CCC3)cc1. The Balaban J connectivity index is 1.88. The summed E-state index contributed by atoms with van der Waals surface area (Å²) >= 11 is 0. The van der Waals surface area contributed by atoms with Crippen molar-refractivity contribution in [1.82, 2.24) is 0 Å². The average molecular weight is 362 g/mol. The van der Waals surface area contributed by atoms with Gasteiger partial charge >= 0.3 is 0 Å². The predicted octanol–water partition coefficient (Wildman–Crippen LogP) is 4.28. The molecule has 1 aliphatic heterocycles. The number of hydrogen-bond acceptors (Lipinski definition) is 3. The molecule has 0 saturated heterocycles. The normalized spacial score (nSPS) is 12.6. The molecule has 0 bridgehead atoms. The molecular formula is C23H24NO3+. The van der Waals surface area contributed by atoms with Gasteiger partial charge in [0.1, 0.15) is 12.3 Å². The van der Waals surface area contributed by atoms with Crippen LogP contribution >= 0.6 is 0 Å². The molecule has 0 unspecified atom stereocenters. The summed E-state index contributed by atoms with van der Waals surface area (Å²) in [5.74, 6) is 2.34. The van der Waals surface area contributed by atoms with Crippen molar-refractivity contribution in [3.8, 4) is 39.5 Å². The van der Waals surface area contributed by atoms with Gasteiger partial charge in [-0.3, -0.25) is 0 Å². The van der Waals surface area contributed by atoms with E-state index in [2.05, 4.69) is 35.0 Å². The van der Waals surface area contributed by atoms with E-state index < -0.39 is 0 Å². The second-order valence-corrected chi connectivity index (χ2v) is 6.69. The topological polar surface area (TPSA) is 31.6 Å². The van der Waals surface area contributed by atoms with Crippen molar-refractivity contribution >= 4 is 0 Å². The van der Waals surface area contributed by atoms with Crippen molar-refractivity contribution in [2.24, 2.45) is 0 Å². The molecule has 4 heteroatoms. The Hall–Kier alpha value is -3.01. The highest BCUT2D eigenvalue weighted by molar-refractivity contribution is 5.83. The van der Waals surface area contributed by atoms with Gasteiger partial charge in [0.05, 0.1) is 26.9 Å². The summed E-state index contributed by atoms with van der Waals surface area (Å²) in [6.07, 6.45) is 4.58. The number of benzene rings is 2. The Labute approximate surface area is 159 Å². The smallest absolute Gasteiger partial charge is 0.182 e. The maximum Gasteiger partial charge on any atom is 0.182 e. The van der Waals surface area contributed by atoms with Gasteiger partial charge < -0.3 is 14.2 Å². The number of hydrogen-bond donors (Lipinski definition) is 0. The minimum absolute atomic E-state index is 0.739. The molecule has 0 atom stereocenters. The maximum atomic E-state index is 5.52. The summed E-state index contributed by atoms with van der Waals surface area (Å²) in [5, 5.41) is 0. The first-order valence-electron chi connectivity index (χ1n) is 9.16. The summed E-state index contributed by atoms with van der Waals surface area (Å²) in [6, 6.07) is 16.7. The zero-order chi connectivity index (χ0) is 18.8. The number of pyridine rings is 1. The van der Waals surface area contributed by atoms with Gasteiger partial charge in [-0.15, -0.1) is 0 Å². The minimum atomic E-state index is 0.739. The second-order valence-electron chi connectivity index (χ2n) is 6.69. The van der Waals surface area contributed by atoms with Crippen LogP contribution in [0.3, 0.4) is 0 Å². The molecule has 0 fully saturated rings. The molecule has 4 nitrogen and oxygen atoms in total. The molecule has 138 valence electrons. The van der Waals surface area contributed by atoms with E-state index in [1.807, 2.05) is 24.3 Å². The molecule has 1 aliphatic rings. The zero-order valence-corrected chi connectivity index (χ0v) is 16.0. The van der Waals surface area contributed by atoms with Gasteiger partial charge in [-0.25, -0.2) is 4.57 Å². The van der Waals surface area contributed by atoms with Crippen molar-refractivity contribution in [1.29, 1.82) is 0 Å². The second kappa shape index (κ2) is 7.31. The van der Waals surface area contributed by atoms with Crippen LogP contribution < -0.4 is 18.8 Å². The Morgan fingerprint density at radius 2 is 1.48 bits per heavy atom. The van der Waals surface area contributed by atoms with Gasteiger partial charge in [-0.2, -0.15) is 0 Å². The van der Waals surface area contributed by atoms with Crippen molar-refractivity contribution in [3.05, 3.63) is 60.4 Å². The van der Waals surface area contributed by atoms with Crippen molar-refractivity contribution in [2.45, 2.75) is 19.4 Å². The van der Waals surface area contributed by atoms with Crippen LogP contribution in [0.2, 0.25) is 0 Å². The highest BCUT2D eigenvalue weighted by Crippen LogP contribution is 2.37. The molecule has 2 aromatic carbocycles. The van der Waals surface area contributed by atoms with E-state index in [0.717, 1.165) is 35.8 Å².